The minimum Gasteiger partial charge on any atom is -0.481 e. The van der Waals surface area contributed by atoms with Crippen LogP contribution in [0, 0.1) is 17.2 Å². The summed E-state index contributed by atoms with van der Waals surface area (Å²) in [7, 11) is 0. The van der Waals surface area contributed by atoms with Crippen molar-refractivity contribution in [1.29, 1.82) is 5.26 Å². The number of hydrogen-bond donors (Lipinski definition) is 1. The van der Waals surface area contributed by atoms with E-state index in [4.69, 9.17) is 11.6 Å². The molecule has 1 atom stereocenters. The van der Waals surface area contributed by atoms with Crippen LogP contribution in [0.1, 0.15) is 18.4 Å². The molecule has 0 unspecified atom stereocenters. The monoisotopic (exact) mass is 315 g/mol. The molecule has 6 heteroatoms. The molecule has 2 heterocycles. The molecule has 1 aromatic heterocycles. The van der Waals surface area contributed by atoms with E-state index in [0.29, 0.717) is 40.3 Å². The first-order valence-corrected chi connectivity index (χ1v) is 7.44. The highest BCUT2D eigenvalue weighted by Gasteiger charge is 2.26. The summed E-state index contributed by atoms with van der Waals surface area (Å²) in [5, 5.41) is 19.8. The van der Waals surface area contributed by atoms with E-state index in [1.54, 1.807) is 24.3 Å². The van der Waals surface area contributed by atoms with E-state index in [2.05, 4.69) is 11.1 Å². The Morgan fingerprint density at radius 3 is 3.00 bits per heavy atom. The third kappa shape index (κ3) is 2.70. The fourth-order valence-electron chi connectivity index (χ4n) is 2.83. The number of fused-ring (bicyclic) bond motifs is 1. The second kappa shape index (κ2) is 5.82. The number of benzene rings is 1. The number of carbonyl (C=O) groups is 1. The van der Waals surface area contributed by atoms with Gasteiger partial charge in [0.15, 0.2) is 0 Å². The number of pyridine rings is 1. The summed E-state index contributed by atoms with van der Waals surface area (Å²) in [6, 6.07) is 9.12. The van der Waals surface area contributed by atoms with Crippen LogP contribution < -0.4 is 4.90 Å². The smallest absolute Gasteiger partial charge is 0.308 e. The molecular weight excluding hydrogens is 302 g/mol. The number of anilines is 1. The largest absolute Gasteiger partial charge is 0.481 e. The van der Waals surface area contributed by atoms with Crippen molar-refractivity contribution in [3.8, 4) is 6.07 Å². The van der Waals surface area contributed by atoms with Gasteiger partial charge in [0.1, 0.15) is 5.82 Å². The molecule has 1 aliphatic rings. The molecule has 1 N–H and O–H groups in total. The van der Waals surface area contributed by atoms with E-state index in [9.17, 15) is 15.2 Å². The molecule has 1 saturated heterocycles. The molecule has 1 aromatic carbocycles. The Bertz CT molecular complexity index is 785. The van der Waals surface area contributed by atoms with Gasteiger partial charge in [0.25, 0.3) is 0 Å². The molecule has 22 heavy (non-hydrogen) atoms. The van der Waals surface area contributed by atoms with Gasteiger partial charge < -0.3 is 10.0 Å². The summed E-state index contributed by atoms with van der Waals surface area (Å²) >= 11 is 5.98. The quantitative estimate of drug-likeness (QED) is 0.921. The van der Waals surface area contributed by atoms with E-state index >= 15 is 0 Å². The molecule has 3 rings (SSSR count). The van der Waals surface area contributed by atoms with Gasteiger partial charge >= 0.3 is 5.97 Å². The summed E-state index contributed by atoms with van der Waals surface area (Å²) in [6.07, 6.45) is 1.49. The fourth-order valence-corrected chi connectivity index (χ4v) is 3.00. The third-order valence-corrected chi connectivity index (χ3v) is 4.21. The first-order chi connectivity index (χ1) is 10.6. The predicted octanol–water partition coefficient (Wildman–Crippen LogP) is 3.06. The lowest BCUT2D eigenvalue weighted by molar-refractivity contribution is -0.141. The Morgan fingerprint density at radius 1 is 1.45 bits per heavy atom. The van der Waals surface area contributed by atoms with E-state index in [1.165, 1.54) is 0 Å². The van der Waals surface area contributed by atoms with Crippen LogP contribution in [0.25, 0.3) is 10.9 Å². The lowest BCUT2D eigenvalue weighted by atomic mass is 9.98. The zero-order valence-corrected chi connectivity index (χ0v) is 12.5. The number of aromatic nitrogens is 1. The zero-order valence-electron chi connectivity index (χ0n) is 11.8. The first-order valence-electron chi connectivity index (χ1n) is 7.06. The van der Waals surface area contributed by atoms with Gasteiger partial charge in [0.05, 0.1) is 23.1 Å². The second-order valence-electron chi connectivity index (χ2n) is 5.42. The molecular formula is C16H14ClN3O2. The lowest BCUT2D eigenvalue weighted by Gasteiger charge is -2.31. The number of carboxylic acid groups (broad SMARTS) is 1. The average molecular weight is 316 g/mol. The van der Waals surface area contributed by atoms with Crippen molar-refractivity contribution < 1.29 is 9.90 Å². The Morgan fingerprint density at radius 2 is 2.27 bits per heavy atom. The Labute approximate surface area is 132 Å². The van der Waals surface area contributed by atoms with Crippen molar-refractivity contribution in [2.24, 2.45) is 5.92 Å². The normalized spacial score (nSPS) is 18.2. The maximum Gasteiger partial charge on any atom is 0.308 e. The maximum atomic E-state index is 11.2. The minimum absolute atomic E-state index is 0.387. The number of halogens is 1. The van der Waals surface area contributed by atoms with Gasteiger partial charge in [0, 0.05) is 23.5 Å². The van der Waals surface area contributed by atoms with Gasteiger partial charge in [-0.15, -0.1) is 0 Å². The van der Waals surface area contributed by atoms with Crippen LogP contribution in [0.5, 0.6) is 0 Å². The molecule has 0 amide bonds. The van der Waals surface area contributed by atoms with Crippen LogP contribution >= 0.6 is 11.6 Å². The molecule has 5 nitrogen and oxygen atoms in total. The van der Waals surface area contributed by atoms with Crippen molar-refractivity contribution in [2.45, 2.75) is 12.8 Å². The maximum absolute atomic E-state index is 11.2. The van der Waals surface area contributed by atoms with Crippen LogP contribution in [0.15, 0.2) is 24.3 Å². The summed E-state index contributed by atoms with van der Waals surface area (Å²) < 4.78 is 0. The SMILES string of the molecule is N#Cc1cc(N2CCC[C@H](C(=O)O)C2)nc2ccc(Cl)cc12. The average Bonchev–Trinajstić information content (AvgIpc) is 2.54. The molecule has 112 valence electrons. The van der Waals surface area contributed by atoms with Crippen molar-refractivity contribution in [3.05, 3.63) is 34.9 Å². The summed E-state index contributed by atoms with van der Waals surface area (Å²) in [5.74, 6) is -0.517. The van der Waals surface area contributed by atoms with E-state index in [1.807, 2.05) is 4.90 Å². The Hall–Kier alpha value is -2.32. The van der Waals surface area contributed by atoms with E-state index < -0.39 is 5.97 Å². The van der Waals surface area contributed by atoms with Crippen LogP contribution in [-0.4, -0.2) is 29.1 Å². The standard InChI is InChI=1S/C16H14ClN3O2/c17-12-3-4-14-13(7-12)11(8-18)6-15(19-14)20-5-1-2-10(9-20)16(21)22/h3-4,6-7,10H,1-2,5,9H2,(H,21,22)/t10-/m0/s1. The number of rotatable bonds is 2. The summed E-state index contributed by atoms with van der Waals surface area (Å²) in [5.41, 5.74) is 1.19. The van der Waals surface area contributed by atoms with Crippen molar-refractivity contribution in [1.82, 2.24) is 4.98 Å². The topological polar surface area (TPSA) is 77.2 Å². The number of piperidine rings is 1. The highest BCUT2D eigenvalue weighted by Crippen LogP contribution is 2.28. The second-order valence-corrected chi connectivity index (χ2v) is 5.86. The highest BCUT2D eigenvalue weighted by atomic mass is 35.5. The molecule has 0 spiro atoms. The number of hydrogen-bond acceptors (Lipinski definition) is 4. The predicted molar refractivity (Wildman–Crippen MR) is 84.0 cm³/mol. The highest BCUT2D eigenvalue weighted by molar-refractivity contribution is 6.31. The van der Waals surface area contributed by atoms with Gasteiger partial charge in [-0.2, -0.15) is 5.26 Å². The van der Waals surface area contributed by atoms with Gasteiger partial charge in [-0.1, -0.05) is 11.6 Å². The van der Waals surface area contributed by atoms with Crippen LogP contribution in [0.3, 0.4) is 0 Å². The number of nitrogens with zero attached hydrogens (tertiary/aromatic N) is 3. The van der Waals surface area contributed by atoms with Gasteiger partial charge in [0.2, 0.25) is 0 Å². The number of carboxylic acids is 1. The van der Waals surface area contributed by atoms with Crippen LogP contribution in [0.4, 0.5) is 5.82 Å². The molecule has 0 saturated carbocycles. The molecule has 2 aromatic rings. The third-order valence-electron chi connectivity index (χ3n) is 3.97. The zero-order chi connectivity index (χ0) is 15.7. The molecule has 1 fully saturated rings. The van der Waals surface area contributed by atoms with Crippen molar-refractivity contribution >= 4 is 34.3 Å². The molecule has 0 radical (unpaired) electrons. The van der Waals surface area contributed by atoms with Gasteiger partial charge in [-0.3, -0.25) is 4.79 Å². The van der Waals surface area contributed by atoms with Gasteiger partial charge in [-0.05, 0) is 37.1 Å². The summed E-state index contributed by atoms with van der Waals surface area (Å²) in [4.78, 5) is 17.7. The molecule has 0 bridgehead atoms. The van der Waals surface area contributed by atoms with E-state index in [-0.39, 0.29) is 5.92 Å². The molecule has 1 aliphatic heterocycles. The molecule has 0 aliphatic carbocycles. The summed E-state index contributed by atoms with van der Waals surface area (Å²) in [6.45, 7) is 1.17. The first kappa shape index (κ1) is 14.6. The van der Waals surface area contributed by atoms with Crippen molar-refractivity contribution in [2.75, 3.05) is 18.0 Å². The minimum atomic E-state index is -0.780. The van der Waals surface area contributed by atoms with Gasteiger partial charge in [-0.25, -0.2) is 4.98 Å². The van der Waals surface area contributed by atoms with E-state index in [0.717, 1.165) is 13.0 Å². The Kier molecular flexibility index (Phi) is 3.86. The fraction of sp³-hybridized carbons (Fsp3) is 0.312. The number of nitriles is 1. The number of aliphatic carboxylic acids is 1. The van der Waals surface area contributed by atoms with Crippen molar-refractivity contribution in [3.63, 3.8) is 0 Å². The lowest BCUT2D eigenvalue weighted by Crippen LogP contribution is -2.39. The Balaban J connectivity index is 2.02. The van der Waals surface area contributed by atoms with Crippen LogP contribution in [-0.2, 0) is 4.79 Å². The van der Waals surface area contributed by atoms with Crippen LogP contribution in [0.2, 0.25) is 5.02 Å².